The van der Waals surface area contributed by atoms with Gasteiger partial charge in [-0.3, -0.25) is 4.79 Å². The van der Waals surface area contributed by atoms with E-state index in [1.54, 1.807) is 27.7 Å². The minimum Gasteiger partial charge on any atom is -0.495 e. The van der Waals surface area contributed by atoms with Gasteiger partial charge in [-0.05, 0) is 32.0 Å². The zero-order valence-corrected chi connectivity index (χ0v) is 13.7. The predicted molar refractivity (Wildman–Crippen MR) is 81.9 cm³/mol. The molecule has 0 unspecified atom stereocenters. The molecule has 6 nitrogen and oxygen atoms in total. The van der Waals surface area contributed by atoms with Crippen LogP contribution in [0.5, 0.6) is 5.75 Å². The molecule has 0 atom stereocenters. The summed E-state index contributed by atoms with van der Waals surface area (Å²) < 4.78 is 31.9. The first-order valence-electron chi connectivity index (χ1n) is 6.68. The van der Waals surface area contributed by atoms with Crippen LogP contribution in [0.4, 0.5) is 5.69 Å². The molecule has 1 aromatic carbocycles. The van der Waals surface area contributed by atoms with E-state index in [1.165, 1.54) is 25.3 Å². The van der Waals surface area contributed by atoms with E-state index in [1.807, 2.05) is 0 Å². The zero-order valence-electron chi connectivity index (χ0n) is 12.9. The van der Waals surface area contributed by atoms with Crippen molar-refractivity contribution in [3.05, 3.63) is 18.2 Å². The van der Waals surface area contributed by atoms with Gasteiger partial charge < -0.3 is 10.1 Å². The highest BCUT2D eigenvalue weighted by atomic mass is 32.2. The number of benzene rings is 1. The highest BCUT2D eigenvalue weighted by molar-refractivity contribution is 7.89. The first kappa shape index (κ1) is 17.5. The molecule has 21 heavy (non-hydrogen) atoms. The van der Waals surface area contributed by atoms with Gasteiger partial charge in [0.2, 0.25) is 15.9 Å². The largest absolute Gasteiger partial charge is 0.495 e. The second-order valence-corrected chi connectivity index (χ2v) is 7.00. The van der Waals surface area contributed by atoms with E-state index in [4.69, 9.17) is 4.74 Å². The number of carbonyl (C=O) groups is 1. The number of anilines is 1. The highest BCUT2D eigenvalue weighted by Gasteiger charge is 2.19. The number of rotatable bonds is 6. The van der Waals surface area contributed by atoms with Crippen LogP contribution in [0.1, 0.15) is 27.7 Å². The lowest BCUT2D eigenvalue weighted by molar-refractivity contribution is -0.118. The molecule has 0 aromatic heterocycles. The lowest BCUT2D eigenvalue weighted by Crippen LogP contribution is -2.30. The first-order valence-corrected chi connectivity index (χ1v) is 8.17. The van der Waals surface area contributed by atoms with Crippen LogP contribution in [0, 0.1) is 5.92 Å². The topological polar surface area (TPSA) is 84.5 Å². The van der Waals surface area contributed by atoms with Crippen molar-refractivity contribution in [3.63, 3.8) is 0 Å². The molecular formula is C14H22N2O4S. The summed E-state index contributed by atoms with van der Waals surface area (Å²) in [6, 6.07) is 4.13. The molecule has 0 aliphatic carbocycles. The Hall–Kier alpha value is -1.60. The van der Waals surface area contributed by atoms with Crippen LogP contribution >= 0.6 is 0 Å². The van der Waals surface area contributed by atoms with Crippen molar-refractivity contribution < 1.29 is 17.9 Å². The molecule has 0 fully saturated rings. The van der Waals surface area contributed by atoms with Crippen molar-refractivity contribution in [3.8, 4) is 5.75 Å². The molecule has 0 saturated carbocycles. The molecule has 0 spiro atoms. The van der Waals surface area contributed by atoms with Gasteiger partial charge in [0, 0.05) is 12.0 Å². The van der Waals surface area contributed by atoms with Gasteiger partial charge in [0.1, 0.15) is 5.75 Å². The van der Waals surface area contributed by atoms with Crippen LogP contribution in [-0.2, 0) is 14.8 Å². The quantitative estimate of drug-likeness (QED) is 0.841. The number of hydrogen-bond donors (Lipinski definition) is 2. The van der Waals surface area contributed by atoms with Gasteiger partial charge in [0.15, 0.2) is 0 Å². The van der Waals surface area contributed by atoms with Crippen LogP contribution in [0.25, 0.3) is 0 Å². The van der Waals surface area contributed by atoms with Crippen LogP contribution < -0.4 is 14.8 Å². The summed E-state index contributed by atoms with van der Waals surface area (Å²) in [6.45, 7) is 6.98. The molecule has 0 aliphatic rings. The monoisotopic (exact) mass is 314 g/mol. The predicted octanol–water partition coefficient (Wildman–Crippen LogP) is 1.98. The fourth-order valence-electron chi connectivity index (χ4n) is 1.61. The molecule has 1 aromatic rings. The lowest BCUT2D eigenvalue weighted by Gasteiger charge is -2.15. The maximum Gasteiger partial charge on any atom is 0.240 e. The Morgan fingerprint density at radius 1 is 1.19 bits per heavy atom. The van der Waals surface area contributed by atoms with Gasteiger partial charge in [-0.25, -0.2) is 13.1 Å². The van der Waals surface area contributed by atoms with Gasteiger partial charge in [-0.2, -0.15) is 0 Å². The second kappa shape index (κ2) is 6.91. The number of sulfonamides is 1. The number of amides is 1. The minimum atomic E-state index is -3.62. The first-order chi connectivity index (χ1) is 9.67. The van der Waals surface area contributed by atoms with E-state index in [0.717, 1.165) is 0 Å². The van der Waals surface area contributed by atoms with Gasteiger partial charge in [-0.1, -0.05) is 13.8 Å². The fourth-order valence-corrected chi connectivity index (χ4v) is 2.88. The van der Waals surface area contributed by atoms with Crippen LogP contribution in [-0.4, -0.2) is 27.5 Å². The molecule has 1 amide bonds. The smallest absolute Gasteiger partial charge is 0.240 e. The second-order valence-electron chi connectivity index (χ2n) is 5.28. The molecule has 0 heterocycles. The highest BCUT2D eigenvalue weighted by Crippen LogP contribution is 2.28. The molecule has 7 heteroatoms. The molecule has 0 saturated heterocycles. The van der Waals surface area contributed by atoms with E-state index in [2.05, 4.69) is 10.0 Å². The molecule has 0 bridgehead atoms. The Kier molecular flexibility index (Phi) is 5.74. The molecule has 2 N–H and O–H groups in total. The Morgan fingerprint density at radius 3 is 2.29 bits per heavy atom. The van der Waals surface area contributed by atoms with E-state index >= 15 is 0 Å². The zero-order chi connectivity index (χ0) is 16.2. The van der Waals surface area contributed by atoms with Crippen molar-refractivity contribution in [2.75, 3.05) is 12.4 Å². The van der Waals surface area contributed by atoms with Gasteiger partial charge in [-0.15, -0.1) is 0 Å². The van der Waals surface area contributed by atoms with E-state index in [-0.39, 0.29) is 22.8 Å². The summed E-state index contributed by atoms with van der Waals surface area (Å²) >= 11 is 0. The Labute approximate surface area is 125 Å². The number of ether oxygens (including phenoxy) is 1. The van der Waals surface area contributed by atoms with Crippen molar-refractivity contribution in [2.24, 2.45) is 5.92 Å². The van der Waals surface area contributed by atoms with Crippen LogP contribution in [0.3, 0.4) is 0 Å². The molecule has 0 aliphatic heterocycles. The van der Waals surface area contributed by atoms with Crippen LogP contribution in [0.15, 0.2) is 23.1 Å². The van der Waals surface area contributed by atoms with E-state index in [0.29, 0.717) is 11.4 Å². The summed E-state index contributed by atoms with van der Waals surface area (Å²) in [6.07, 6.45) is 0. The summed E-state index contributed by atoms with van der Waals surface area (Å²) in [4.78, 5) is 11.9. The third kappa shape index (κ3) is 4.71. The molecular weight excluding hydrogens is 292 g/mol. The number of carbonyl (C=O) groups excluding carboxylic acids is 1. The van der Waals surface area contributed by atoms with Crippen molar-refractivity contribution in [1.82, 2.24) is 4.72 Å². The SMILES string of the molecule is COc1ccc(S(=O)(=O)NC(C)C)cc1NC(=O)C(C)C. The summed E-state index contributed by atoms with van der Waals surface area (Å²) in [5.41, 5.74) is 0.336. The van der Waals surface area contributed by atoms with Crippen molar-refractivity contribution in [2.45, 2.75) is 38.6 Å². The average molecular weight is 314 g/mol. The van der Waals surface area contributed by atoms with Crippen LogP contribution in [0.2, 0.25) is 0 Å². The summed E-state index contributed by atoms with van der Waals surface area (Å²) in [5.74, 6) is -0.0177. The summed E-state index contributed by atoms with van der Waals surface area (Å²) in [5, 5.41) is 2.67. The number of methoxy groups -OCH3 is 1. The third-order valence-electron chi connectivity index (χ3n) is 2.65. The van der Waals surface area contributed by atoms with Gasteiger partial charge in [0.05, 0.1) is 17.7 Å². The average Bonchev–Trinajstić information content (AvgIpc) is 2.36. The molecule has 118 valence electrons. The van der Waals surface area contributed by atoms with E-state index < -0.39 is 10.0 Å². The van der Waals surface area contributed by atoms with Gasteiger partial charge in [0.25, 0.3) is 0 Å². The maximum absolute atomic E-state index is 12.1. The molecule has 0 radical (unpaired) electrons. The Bertz CT molecular complexity index is 609. The van der Waals surface area contributed by atoms with E-state index in [9.17, 15) is 13.2 Å². The third-order valence-corrected chi connectivity index (χ3v) is 4.31. The van der Waals surface area contributed by atoms with Crippen molar-refractivity contribution >= 4 is 21.6 Å². The molecule has 1 rings (SSSR count). The van der Waals surface area contributed by atoms with Gasteiger partial charge >= 0.3 is 0 Å². The lowest BCUT2D eigenvalue weighted by atomic mass is 10.2. The maximum atomic E-state index is 12.1. The number of hydrogen-bond acceptors (Lipinski definition) is 4. The normalized spacial score (nSPS) is 11.8. The number of nitrogens with one attached hydrogen (secondary N) is 2. The Morgan fingerprint density at radius 2 is 1.81 bits per heavy atom. The Balaban J connectivity index is 3.19. The fraction of sp³-hybridized carbons (Fsp3) is 0.500. The minimum absolute atomic E-state index is 0.0797. The summed E-state index contributed by atoms with van der Waals surface area (Å²) in [7, 11) is -2.16. The standard InChI is InChI=1S/C14H22N2O4S/c1-9(2)14(17)15-12-8-11(6-7-13(12)20-5)21(18,19)16-10(3)4/h6-10,16H,1-5H3,(H,15,17). The van der Waals surface area contributed by atoms with Crippen molar-refractivity contribution in [1.29, 1.82) is 0 Å².